The van der Waals surface area contributed by atoms with E-state index in [-0.39, 0.29) is 11.5 Å². The molecule has 1 N–H and O–H groups in total. The molecular formula is C13H23NO2S. The van der Waals surface area contributed by atoms with Gasteiger partial charge in [0.05, 0.1) is 7.11 Å². The van der Waals surface area contributed by atoms with Crippen molar-refractivity contribution in [2.75, 3.05) is 19.1 Å². The lowest BCUT2D eigenvalue weighted by Gasteiger charge is -2.34. The summed E-state index contributed by atoms with van der Waals surface area (Å²) >= 11 is 1.86. The van der Waals surface area contributed by atoms with Gasteiger partial charge in [-0.2, -0.15) is 11.8 Å². The Labute approximate surface area is 108 Å². The fraction of sp³-hybridized carbons (Fsp3) is 0.923. The van der Waals surface area contributed by atoms with Crippen molar-refractivity contribution in [1.82, 2.24) is 5.32 Å². The Bertz CT molecular complexity index is 281. The Morgan fingerprint density at radius 2 is 2.24 bits per heavy atom. The minimum absolute atomic E-state index is 0.0343. The number of carbonyl (C=O) groups is 1. The Morgan fingerprint density at radius 3 is 2.82 bits per heavy atom. The normalized spacial score (nSPS) is 32.7. The van der Waals surface area contributed by atoms with E-state index >= 15 is 0 Å². The molecule has 0 radical (unpaired) electrons. The Morgan fingerprint density at radius 1 is 1.47 bits per heavy atom. The average molecular weight is 257 g/mol. The van der Waals surface area contributed by atoms with E-state index in [0.29, 0.717) is 12.0 Å². The molecule has 0 saturated heterocycles. The lowest BCUT2D eigenvalue weighted by Crippen LogP contribution is -2.56. The molecule has 2 atom stereocenters. The average Bonchev–Trinajstić information content (AvgIpc) is 3.05. The molecule has 98 valence electrons. The molecule has 4 heteroatoms. The van der Waals surface area contributed by atoms with Gasteiger partial charge in [-0.3, -0.25) is 10.1 Å². The number of thioether (sulfide) groups is 1. The summed E-state index contributed by atoms with van der Waals surface area (Å²) in [6.07, 6.45) is 8.94. The van der Waals surface area contributed by atoms with Crippen molar-refractivity contribution in [2.24, 2.45) is 5.92 Å². The van der Waals surface area contributed by atoms with Crippen LogP contribution in [0.2, 0.25) is 0 Å². The molecule has 0 spiro atoms. The van der Waals surface area contributed by atoms with E-state index in [4.69, 9.17) is 4.74 Å². The van der Waals surface area contributed by atoms with E-state index in [0.717, 1.165) is 31.4 Å². The quantitative estimate of drug-likeness (QED) is 0.740. The van der Waals surface area contributed by atoms with E-state index in [9.17, 15) is 4.79 Å². The van der Waals surface area contributed by atoms with Gasteiger partial charge < -0.3 is 4.74 Å². The number of methoxy groups -OCH3 is 1. The van der Waals surface area contributed by atoms with Crippen LogP contribution in [0.25, 0.3) is 0 Å². The Balaban J connectivity index is 2.08. The maximum absolute atomic E-state index is 12.2. The van der Waals surface area contributed by atoms with Crippen LogP contribution in [0.15, 0.2) is 0 Å². The molecule has 0 amide bonds. The topological polar surface area (TPSA) is 38.3 Å². The SMILES string of the molecule is COC(=O)C1(NC2CC2)CCCC1CCSC. The number of rotatable bonds is 6. The van der Waals surface area contributed by atoms with Crippen molar-refractivity contribution < 1.29 is 9.53 Å². The van der Waals surface area contributed by atoms with Gasteiger partial charge in [0.25, 0.3) is 0 Å². The molecule has 0 aromatic heterocycles. The van der Waals surface area contributed by atoms with Crippen LogP contribution < -0.4 is 5.32 Å². The molecule has 2 aliphatic rings. The van der Waals surface area contributed by atoms with Gasteiger partial charge in [-0.15, -0.1) is 0 Å². The fourth-order valence-electron chi connectivity index (χ4n) is 3.02. The zero-order valence-electron chi connectivity index (χ0n) is 10.8. The van der Waals surface area contributed by atoms with Crippen molar-refractivity contribution >= 4 is 17.7 Å². The highest BCUT2D eigenvalue weighted by Gasteiger charge is 2.51. The zero-order valence-corrected chi connectivity index (χ0v) is 11.6. The molecule has 2 fully saturated rings. The van der Waals surface area contributed by atoms with E-state index in [1.165, 1.54) is 20.0 Å². The monoisotopic (exact) mass is 257 g/mol. The van der Waals surface area contributed by atoms with E-state index in [1.54, 1.807) is 0 Å². The van der Waals surface area contributed by atoms with Gasteiger partial charge >= 0.3 is 5.97 Å². The Kier molecular flexibility index (Phi) is 4.36. The van der Waals surface area contributed by atoms with Crippen LogP contribution in [0.3, 0.4) is 0 Å². The smallest absolute Gasteiger partial charge is 0.326 e. The van der Waals surface area contributed by atoms with Crippen LogP contribution in [0.4, 0.5) is 0 Å². The molecule has 3 nitrogen and oxygen atoms in total. The highest BCUT2D eigenvalue weighted by molar-refractivity contribution is 7.98. The predicted molar refractivity (Wildman–Crippen MR) is 71.2 cm³/mol. The highest BCUT2D eigenvalue weighted by atomic mass is 32.2. The molecule has 0 heterocycles. The minimum atomic E-state index is -0.369. The van der Waals surface area contributed by atoms with Crippen molar-refractivity contribution in [2.45, 2.75) is 50.1 Å². The lowest BCUT2D eigenvalue weighted by atomic mass is 9.84. The Hall–Kier alpha value is -0.220. The second-order valence-electron chi connectivity index (χ2n) is 5.25. The molecule has 0 bridgehead atoms. The molecule has 0 aromatic carbocycles. The van der Waals surface area contributed by atoms with Gasteiger partial charge in [0.15, 0.2) is 0 Å². The first-order valence-electron chi connectivity index (χ1n) is 6.58. The van der Waals surface area contributed by atoms with Crippen LogP contribution in [0.5, 0.6) is 0 Å². The summed E-state index contributed by atoms with van der Waals surface area (Å²) in [6.45, 7) is 0. The van der Waals surface area contributed by atoms with Gasteiger partial charge in [0.1, 0.15) is 5.54 Å². The van der Waals surface area contributed by atoms with E-state index in [1.807, 2.05) is 11.8 Å². The largest absolute Gasteiger partial charge is 0.468 e. The summed E-state index contributed by atoms with van der Waals surface area (Å²) in [5.74, 6) is 1.56. The molecule has 2 unspecified atom stereocenters. The van der Waals surface area contributed by atoms with E-state index < -0.39 is 0 Å². The fourth-order valence-corrected chi connectivity index (χ4v) is 3.54. The van der Waals surface area contributed by atoms with Gasteiger partial charge in [0.2, 0.25) is 0 Å². The second-order valence-corrected chi connectivity index (χ2v) is 6.24. The van der Waals surface area contributed by atoms with Crippen LogP contribution in [-0.4, -0.2) is 36.7 Å². The maximum Gasteiger partial charge on any atom is 0.326 e. The first-order chi connectivity index (χ1) is 8.23. The number of ether oxygens (including phenoxy) is 1. The first kappa shape index (κ1) is 13.2. The standard InChI is InChI=1S/C13H23NO2S/c1-16-12(15)13(14-11-5-6-11)8-3-4-10(13)7-9-17-2/h10-11,14H,3-9H2,1-2H3. The number of nitrogens with one attached hydrogen (secondary N) is 1. The van der Waals surface area contributed by atoms with Gasteiger partial charge in [-0.25, -0.2) is 0 Å². The summed E-state index contributed by atoms with van der Waals surface area (Å²) in [7, 11) is 1.52. The van der Waals surface area contributed by atoms with Crippen molar-refractivity contribution in [3.8, 4) is 0 Å². The van der Waals surface area contributed by atoms with E-state index in [2.05, 4.69) is 11.6 Å². The van der Waals surface area contributed by atoms with Crippen LogP contribution in [0.1, 0.15) is 38.5 Å². The predicted octanol–water partition coefficient (Wildman–Crippen LogP) is 2.20. The van der Waals surface area contributed by atoms with Crippen molar-refractivity contribution in [1.29, 1.82) is 0 Å². The third-order valence-electron chi connectivity index (χ3n) is 4.08. The summed E-state index contributed by atoms with van der Waals surface area (Å²) in [5, 5.41) is 3.59. The molecule has 0 aliphatic heterocycles. The molecule has 0 aromatic rings. The molecule has 17 heavy (non-hydrogen) atoms. The molecule has 2 saturated carbocycles. The van der Waals surface area contributed by atoms with Crippen LogP contribution in [0, 0.1) is 5.92 Å². The number of carbonyl (C=O) groups excluding carboxylic acids is 1. The molecule has 2 rings (SSSR count). The summed E-state index contributed by atoms with van der Waals surface area (Å²) < 4.78 is 5.07. The van der Waals surface area contributed by atoms with Crippen LogP contribution in [-0.2, 0) is 9.53 Å². The number of esters is 1. The number of hydrogen-bond donors (Lipinski definition) is 1. The third kappa shape index (κ3) is 2.79. The number of hydrogen-bond acceptors (Lipinski definition) is 4. The maximum atomic E-state index is 12.2. The lowest BCUT2D eigenvalue weighted by molar-refractivity contribution is -0.150. The van der Waals surface area contributed by atoms with Crippen molar-refractivity contribution in [3.05, 3.63) is 0 Å². The molecular weight excluding hydrogens is 234 g/mol. The molecule has 2 aliphatic carbocycles. The van der Waals surface area contributed by atoms with Gasteiger partial charge in [-0.05, 0) is 50.0 Å². The second kappa shape index (κ2) is 5.61. The summed E-state index contributed by atoms with van der Waals surface area (Å²) in [5.41, 5.74) is -0.369. The van der Waals surface area contributed by atoms with Gasteiger partial charge in [-0.1, -0.05) is 6.42 Å². The van der Waals surface area contributed by atoms with Gasteiger partial charge in [0, 0.05) is 6.04 Å². The first-order valence-corrected chi connectivity index (χ1v) is 7.97. The summed E-state index contributed by atoms with van der Waals surface area (Å²) in [4.78, 5) is 12.2. The highest BCUT2D eigenvalue weighted by Crippen LogP contribution is 2.41. The third-order valence-corrected chi connectivity index (χ3v) is 4.72. The minimum Gasteiger partial charge on any atom is -0.468 e. The zero-order chi connectivity index (χ0) is 12.3. The van der Waals surface area contributed by atoms with Crippen molar-refractivity contribution in [3.63, 3.8) is 0 Å². The van der Waals surface area contributed by atoms with Crippen LogP contribution >= 0.6 is 11.8 Å². The summed E-state index contributed by atoms with van der Waals surface area (Å²) in [6, 6.07) is 0.559.